The minimum Gasteiger partial charge on any atom is -0.492 e. The van der Waals surface area contributed by atoms with Crippen molar-refractivity contribution in [3.63, 3.8) is 0 Å². The molecule has 0 radical (unpaired) electrons. The van der Waals surface area contributed by atoms with Gasteiger partial charge in [-0.15, -0.1) is 0 Å². The van der Waals surface area contributed by atoms with Crippen molar-refractivity contribution < 1.29 is 28.2 Å². The number of carbonyl (C=O) groups excluding carboxylic acids is 1. The minimum absolute atomic E-state index is 0.00436. The lowest BCUT2D eigenvalue weighted by molar-refractivity contribution is -0.142. The first kappa shape index (κ1) is 27.2. The molecule has 5 rings (SSSR count). The Balaban J connectivity index is 1.56. The van der Waals surface area contributed by atoms with Crippen LogP contribution in [0, 0.1) is 11.7 Å². The third-order valence-electron chi connectivity index (χ3n) is 7.30. The number of pyridine rings is 1. The van der Waals surface area contributed by atoms with Crippen molar-refractivity contribution in [3.05, 3.63) is 67.7 Å². The monoisotopic (exact) mass is 579 g/mol. The second kappa shape index (κ2) is 10.7. The molecule has 8 nitrogen and oxygen atoms in total. The molecule has 0 bridgehead atoms. The quantitative estimate of drug-likeness (QED) is 0.410. The van der Waals surface area contributed by atoms with E-state index < -0.39 is 41.3 Å². The number of anilines is 1. The lowest BCUT2D eigenvalue weighted by atomic mass is 9.96. The molecule has 1 aliphatic carbocycles. The topological polar surface area (TPSA) is 101 Å². The molecule has 1 aromatic heterocycles. The summed E-state index contributed by atoms with van der Waals surface area (Å²) in [5.41, 5.74) is -0.173. The summed E-state index contributed by atoms with van der Waals surface area (Å²) in [4.78, 5) is 39.6. The van der Waals surface area contributed by atoms with Crippen LogP contribution in [0.2, 0.25) is 10.0 Å². The van der Waals surface area contributed by atoms with Gasteiger partial charge in [0.15, 0.2) is 11.6 Å². The summed E-state index contributed by atoms with van der Waals surface area (Å²) in [7, 11) is 1.33. The molecule has 1 amide bonds. The van der Waals surface area contributed by atoms with E-state index in [9.17, 15) is 23.9 Å². The van der Waals surface area contributed by atoms with E-state index in [1.165, 1.54) is 23.9 Å². The van der Waals surface area contributed by atoms with Gasteiger partial charge in [-0.2, -0.15) is 0 Å². The van der Waals surface area contributed by atoms with Crippen LogP contribution in [0.15, 0.2) is 35.3 Å². The summed E-state index contributed by atoms with van der Waals surface area (Å²) in [6.45, 7) is 0.538. The van der Waals surface area contributed by atoms with Crippen LogP contribution >= 0.6 is 23.2 Å². The Hall–Kier alpha value is -3.37. The highest BCUT2D eigenvalue weighted by atomic mass is 35.5. The Bertz CT molecular complexity index is 1540. The third-order valence-corrected chi connectivity index (χ3v) is 7.89. The van der Waals surface area contributed by atoms with Crippen molar-refractivity contribution >= 4 is 51.7 Å². The number of benzene rings is 2. The van der Waals surface area contributed by atoms with Gasteiger partial charge in [-0.25, -0.2) is 8.78 Å². The fraction of sp³-hybridized carbons (Fsp3) is 0.370. The van der Waals surface area contributed by atoms with Crippen LogP contribution < -0.4 is 20.4 Å². The second-order valence-electron chi connectivity index (χ2n) is 9.75. The number of aromatic nitrogens is 1. The first-order valence-corrected chi connectivity index (χ1v) is 13.2. The van der Waals surface area contributed by atoms with E-state index in [0.717, 1.165) is 6.07 Å². The summed E-state index contributed by atoms with van der Waals surface area (Å²) in [6, 6.07) is 5.16. The zero-order valence-corrected chi connectivity index (χ0v) is 22.4. The summed E-state index contributed by atoms with van der Waals surface area (Å²) in [6.07, 6.45) is 0.876. The van der Waals surface area contributed by atoms with E-state index in [1.807, 2.05) is 0 Å². The van der Waals surface area contributed by atoms with Gasteiger partial charge in [0.1, 0.15) is 17.4 Å². The summed E-state index contributed by atoms with van der Waals surface area (Å²) >= 11 is 12.1. The van der Waals surface area contributed by atoms with E-state index in [0.29, 0.717) is 28.5 Å². The molecule has 2 fully saturated rings. The van der Waals surface area contributed by atoms with Gasteiger partial charge in [0.25, 0.3) is 5.91 Å². The summed E-state index contributed by atoms with van der Waals surface area (Å²) < 4.78 is 37.0. The molecule has 0 spiro atoms. The van der Waals surface area contributed by atoms with Crippen LogP contribution in [-0.4, -0.2) is 47.9 Å². The van der Waals surface area contributed by atoms with E-state index in [1.54, 1.807) is 17.0 Å². The van der Waals surface area contributed by atoms with E-state index in [4.69, 9.17) is 27.9 Å². The molecule has 39 heavy (non-hydrogen) atoms. The number of hydrogen-bond acceptors (Lipinski definition) is 5. The molecule has 2 aromatic carbocycles. The van der Waals surface area contributed by atoms with Crippen molar-refractivity contribution in [2.45, 2.75) is 38.0 Å². The molecule has 2 aliphatic rings. The normalized spacial score (nSPS) is 19.3. The third kappa shape index (κ3) is 5.15. The van der Waals surface area contributed by atoms with Gasteiger partial charge in [-0.1, -0.05) is 29.3 Å². The lowest BCUT2D eigenvalue weighted by Crippen LogP contribution is -2.37. The number of alkyl halides is 1. The average molecular weight is 580 g/mol. The Morgan fingerprint density at radius 3 is 2.49 bits per heavy atom. The first-order valence-electron chi connectivity index (χ1n) is 12.4. The molecule has 2 atom stereocenters. The number of fused-ring (bicyclic) bond motifs is 1. The summed E-state index contributed by atoms with van der Waals surface area (Å²) in [5, 5.41) is 12.6. The smallest absolute Gasteiger partial charge is 0.306 e. The molecule has 2 heterocycles. The average Bonchev–Trinajstić information content (AvgIpc) is 3.63. The highest BCUT2D eigenvalue weighted by Gasteiger charge is 2.41. The first-order chi connectivity index (χ1) is 18.6. The van der Waals surface area contributed by atoms with E-state index in [-0.39, 0.29) is 54.0 Å². The molecule has 2 N–H and O–H groups in total. The molecule has 206 valence electrons. The maximum Gasteiger partial charge on any atom is 0.306 e. The second-order valence-corrected chi connectivity index (χ2v) is 10.6. The maximum atomic E-state index is 15.6. The Morgan fingerprint density at radius 1 is 1.21 bits per heavy atom. The van der Waals surface area contributed by atoms with Crippen molar-refractivity contribution in [1.29, 1.82) is 0 Å². The predicted octanol–water partition coefficient (Wildman–Crippen LogP) is 4.97. The molecule has 2 unspecified atom stereocenters. The van der Waals surface area contributed by atoms with Gasteiger partial charge in [0, 0.05) is 42.3 Å². The number of hydrogen-bond donors (Lipinski definition) is 2. The van der Waals surface area contributed by atoms with E-state index >= 15 is 4.39 Å². The molecule has 3 aromatic rings. The van der Waals surface area contributed by atoms with Gasteiger partial charge in [-0.05, 0) is 36.6 Å². The number of halogens is 4. The number of aliphatic carboxylic acids is 1. The number of rotatable bonds is 7. The van der Waals surface area contributed by atoms with Crippen LogP contribution in [0.1, 0.15) is 41.2 Å². The zero-order chi connectivity index (χ0) is 28.0. The number of nitrogens with one attached hydrogen (secondary N) is 1. The SMILES string of the molecule is COc1c(N2CCC(C(=O)O)CC2)c(F)cc2c(=O)c(C(=O)NCc3ccc(Cl)cc3Cl)cn(C3CC3F)c12. The van der Waals surface area contributed by atoms with Crippen LogP contribution in [0.3, 0.4) is 0 Å². The van der Waals surface area contributed by atoms with Crippen molar-refractivity contribution in [2.75, 3.05) is 25.1 Å². The Morgan fingerprint density at radius 2 is 1.90 bits per heavy atom. The number of ether oxygens (including phenoxy) is 1. The van der Waals surface area contributed by atoms with Crippen LogP contribution in [0.4, 0.5) is 14.5 Å². The van der Waals surface area contributed by atoms with Gasteiger partial charge in [0.05, 0.1) is 30.0 Å². The number of carbonyl (C=O) groups is 2. The van der Waals surface area contributed by atoms with Gasteiger partial charge in [0.2, 0.25) is 5.43 Å². The summed E-state index contributed by atoms with van der Waals surface area (Å²) in [5.74, 6) is -2.88. The number of methoxy groups -OCH3 is 1. The van der Waals surface area contributed by atoms with Gasteiger partial charge >= 0.3 is 5.97 Å². The Kier molecular flexibility index (Phi) is 7.43. The van der Waals surface area contributed by atoms with Crippen LogP contribution in [-0.2, 0) is 11.3 Å². The standard InChI is InChI=1S/C27H25Cl2F2N3O5/c1-39-25-22-16(9-20(31)23(25)33-6-4-13(5-7-33)27(37)38)24(35)17(12-34(22)21-10-19(21)30)26(36)32-11-14-2-3-15(28)8-18(14)29/h2-3,8-9,12-13,19,21H,4-7,10-11H2,1H3,(H,32,36)(H,37,38). The molecular formula is C27H25Cl2F2N3O5. The lowest BCUT2D eigenvalue weighted by Gasteiger charge is -2.33. The fourth-order valence-corrected chi connectivity index (χ4v) is 5.56. The highest BCUT2D eigenvalue weighted by Crippen LogP contribution is 2.45. The molecule has 1 saturated carbocycles. The Labute approximate surface area is 232 Å². The van der Waals surface area contributed by atoms with Gasteiger partial charge < -0.3 is 24.6 Å². The number of carboxylic acids is 1. The zero-order valence-electron chi connectivity index (χ0n) is 20.8. The molecule has 12 heteroatoms. The minimum atomic E-state index is -1.20. The largest absolute Gasteiger partial charge is 0.492 e. The van der Waals surface area contributed by atoms with Crippen LogP contribution in [0.5, 0.6) is 5.75 Å². The van der Waals surface area contributed by atoms with Crippen molar-refractivity contribution in [1.82, 2.24) is 9.88 Å². The predicted molar refractivity (Wildman–Crippen MR) is 143 cm³/mol. The van der Waals surface area contributed by atoms with Crippen LogP contribution in [0.25, 0.3) is 10.9 Å². The van der Waals surface area contributed by atoms with E-state index in [2.05, 4.69) is 5.32 Å². The van der Waals surface area contributed by atoms with Crippen molar-refractivity contribution in [2.24, 2.45) is 5.92 Å². The number of piperidine rings is 1. The molecular weight excluding hydrogens is 555 g/mol. The maximum absolute atomic E-state index is 15.6. The highest BCUT2D eigenvalue weighted by molar-refractivity contribution is 6.35. The van der Waals surface area contributed by atoms with Crippen molar-refractivity contribution in [3.8, 4) is 5.75 Å². The van der Waals surface area contributed by atoms with Gasteiger partial charge in [-0.3, -0.25) is 14.4 Å². The molecule has 1 aliphatic heterocycles. The molecule has 1 saturated heterocycles. The number of carboxylic acid groups (broad SMARTS) is 1. The number of amides is 1. The number of nitrogens with zero attached hydrogens (tertiary/aromatic N) is 2. The fourth-order valence-electron chi connectivity index (χ4n) is 5.08.